The molecule has 0 spiro atoms. The van der Waals surface area contributed by atoms with Crippen LogP contribution in [-0.2, 0) is 27.3 Å². The molecule has 0 atom stereocenters. The summed E-state index contributed by atoms with van der Waals surface area (Å²) in [5, 5.41) is 0. The van der Waals surface area contributed by atoms with E-state index in [-0.39, 0.29) is 23.8 Å². The molecule has 0 aliphatic carbocycles. The summed E-state index contributed by atoms with van der Waals surface area (Å²) < 4.78 is 21.8. The third kappa shape index (κ3) is 10.2. The number of carbonyl (C=O) groups excluding carboxylic acids is 2. The van der Waals surface area contributed by atoms with Gasteiger partial charge in [0.25, 0.3) is 0 Å². The Kier molecular flexibility index (Phi) is 11.7. The van der Waals surface area contributed by atoms with Gasteiger partial charge in [0, 0.05) is 39.1 Å². The van der Waals surface area contributed by atoms with Crippen LogP contribution < -0.4 is 9.47 Å². The van der Waals surface area contributed by atoms with Gasteiger partial charge in [0.05, 0.1) is 46.8 Å². The predicted molar refractivity (Wildman–Crippen MR) is 150 cm³/mol. The standard InChI is InChI=1S/C30H45N3O6/c1-30(2,3)21-28(34)32(13-7-12-31-15-18-38-19-16-31)23-29(35)33(22-25-8-6-17-39-25)14-11-24-9-10-26(36-4)27(20-24)37-5/h6,8-10,17,20H,7,11-16,18-19,21-23H2,1-5H3. The number of ether oxygens (including phenoxy) is 3. The molecule has 0 bridgehead atoms. The zero-order valence-electron chi connectivity index (χ0n) is 24.2. The molecule has 1 aromatic carbocycles. The first-order valence-electron chi connectivity index (χ1n) is 13.8. The fourth-order valence-electron chi connectivity index (χ4n) is 4.61. The second kappa shape index (κ2) is 14.9. The zero-order chi connectivity index (χ0) is 28.3. The first-order chi connectivity index (χ1) is 18.7. The van der Waals surface area contributed by atoms with Gasteiger partial charge in [-0.2, -0.15) is 0 Å². The molecular formula is C30H45N3O6. The molecule has 1 fully saturated rings. The number of rotatable bonds is 14. The quantitative estimate of drug-likeness (QED) is 0.358. The van der Waals surface area contributed by atoms with Crippen molar-refractivity contribution >= 4 is 11.8 Å². The molecule has 3 rings (SSSR count). The number of benzene rings is 1. The zero-order valence-corrected chi connectivity index (χ0v) is 24.2. The Morgan fingerprint density at radius 1 is 0.974 bits per heavy atom. The van der Waals surface area contributed by atoms with Crippen molar-refractivity contribution in [2.24, 2.45) is 5.41 Å². The smallest absolute Gasteiger partial charge is 0.242 e. The molecule has 1 saturated heterocycles. The van der Waals surface area contributed by atoms with Gasteiger partial charge in [-0.05, 0) is 48.1 Å². The van der Waals surface area contributed by atoms with Crippen molar-refractivity contribution < 1.29 is 28.2 Å². The van der Waals surface area contributed by atoms with E-state index < -0.39 is 0 Å². The van der Waals surface area contributed by atoms with Crippen molar-refractivity contribution in [1.29, 1.82) is 0 Å². The fraction of sp³-hybridized carbons (Fsp3) is 0.600. The van der Waals surface area contributed by atoms with Crippen molar-refractivity contribution in [3.8, 4) is 11.5 Å². The topological polar surface area (TPSA) is 84.7 Å². The van der Waals surface area contributed by atoms with E-state index in [0.29, 0.717) is 49.7 Å². The molecule has 216 valence electrons. The molecule has 9 nitrogen and oxygen atoms in total. The summed E-state index contributed by atoms with van der Waals surface area (Å²) in [6.45, 7) is 11.7. The number of morpholine rings is 1. The molecule has 2 aromatic rings. The van der Waals surface area contributed by atoms with Gasteiger partial charge in [-0.25, -0.2) is 0 Å². The van der Waals surface area contributed by atoms with E-state index in [1.165, 1.54) is 0 Å². The maximum absolute atomic E-state index is 13.7. The average Bonchev–Trinajstić information content (AvgIpc) is 3.43. The molecule has 0 radical (unpaired) electrons. The lowest BCUT2D eigenvalue weighted by Crippen LogP contribution is -2.45. The number of amides is 2. The Bertz CT molecular complexity index is 1030. The molecule has 0 saturated carbocycles. The molecule has 1 aliphatic rings. The highest BCUT2D eigenvalue weighted by atomic mass is 16.5. The number of hydrogen-bond acceptors (Lipinski definition) is 7. The highest BCUT2D eigenvalue weighted by Gasteiger charge is 2.26. The SMILES string of the molecule is COc1ccc(CCN(Cc2ccco2)C(=O)CN(CCCN2CCOCC2)C(=O)CC(C)(C)C)cc1OC. The summed E-state index contributed by atoms with van der Waals surface area (Å²) in [6, 6.07) is 9.45. The highest BCUT2D eigenvalue weighted by molar-refractivity contribution is 5.85. The van der Waals surface area contributed by atoms with Crippen molar-refractivity contribution in [2.45, 2.75) is 46.6 Å². The minimum absolute atomic E-state index is 0.00988. The van der Waals surface area contributed by atoms with E-state index in [9.17, 15) is 9.59 Å². The largest absolute Gasteiger partial charge is 0.493 e. The molecular weight excluding hydrogens is 498 g/mol. The van der Waals surface area contributed by atoms with Crippen LogP contribution in [0.25, 0.3) is 0 Å². The highest BCUT2D eigenvalue weighted by Crippen LogP contribution is 2.28. The molecule has 9 heteroatoms. The Balaban J connectivity index is 1.69. The minimum Gasteiger partial charge on any atom is -0.493 e. The Morgan fingerprint density at radius 3 is 2.36 bits per heavy atom. The maximum Gasteiger partial charge on any atom is 0.242 e. The lowest BCUT2D eigenvalue weighted by atomic mass is 9.91. The summed E-state index contributed by atoms with van der Waals surface area (Å²) in [7, 11) is 3.21. The van der Waals surface area contributed by atoms with Gasteiger partial charge in [0.2, 0.25) is 11.8 Å². The van der Waals surface area contributed by atoms with E-state index in [1.807, 2.05) is 51.1 Å². The van der Waals surface area contributed by atoms with Gasteiger partial charge < -0.3 is 28.4 Å². The monoisotopic (exact) mass is 543 g/mol. The Labute approximate surface area is 233 Å². The number of hydrogen-bond donors (Lipinski definition) is 0. The van der Waals surface area contributed by atoms with E-state index >= 15 is 0 Å². The molecule has 1 aliphatic heterocycles. The van der Waals surface area contributed by atoms with Crippen molar-refractivity contribution in [3.63, 3.8) is 0 Å². The second-order valence-corrected chi connectivity index (χ2v) is 11.2. The lowest BCUT2D eigenvalue weighted by Gasteiger charge is -2.31. The van der Waals surface area contributed by atoms with Crippen LogP contribution in [0.4, 0.5) is 0 Å². The second-order valence-electron chi connectivity index (χ2n) is 11.2. The van der Waals surface area contributed by atoms with Gasteiger partial charge in [-0.3, -0.25) is 14.5 Å². The molecule has 0 unspecified atom stereocenters. The first kappa shape index (κ1) is 30.5. The fourth-order valence-corrected chi connectivity index (χ4v) is 4.61. The molecule has 39 heavy (non-hydrogen) atoms. The van der Waals surface area contributed by atoms with Crippen LogP contribution in [0.15, 0.2) is 41.0 Å². The number of methoxy groups -OCH3 is 2. The molecule has 0 N–H and O–H groups in total. The van der Waals surface area contributed by atoms with E-state index in [4.69, 9.17) is 18.6 Å². The minimum atomic E-state index is -0.163. The van der Waals surface area contributed by atoms with Crippen LogP contribution in [-0.4, -0.2) is 93.2 Å². The lowest BCUT2D eigenvalue weighted by molar-refractivity contribution is -0.142. The van der Waals surface area contributed by atoms with Crippen LogP contribution in [0.1, 0.15) is 44.9 Å². The van der Waals surface area contributed by atoms with Crippen LogP contribution in [0, 0.1) is 5.41 Å². The van der Waals surface area contributed by atoms with E-state index in [1.54, 1.807) is 30.3 Å². The predicted octanol–water partition coefficient (Wildman–Crippen LogP) is 3.86. The van der Waals surface area contributed by atoms with Crippen molar-refractivity contribution in [2.75, 3.05) is 66.7 Å². The van der Waals surface area contributed by atoms with Crippen molar-refractivity contribution in [3.05, 3.63) is 47.9 Å². The first-order valence-corrected chi connectivity index (χ1v) is 13.8. The molecule has 1 aromatic heterocycles. The van der Waals surface area contributed by atoms with Crippen molar-refractivity contribution in [1.82, 2.24) is 14.7 Å². The number of nitrogens with zero attached hydrogens (tertiary/aromatic N) is 3. The summed E-state index contributed by atoms with van der Waals surface area (Å²) >= 11 is 0. The Morgan fingerprint density at radius 2 is 1.72 bits per heavy atom. The summed E-state index contributed by atoms with van der Waals surface area (Å²) in [5.41, 5.74) is 0.861. The summed E-state index contributed by atoms with van der Waals surface area (Å²) in [4.78, 5) is 32.8. The molecule has 2 heterocycles. The van der Waals surface area contributed by atoms with E-state index in [0.717, 1.165) is 44.8 Å². The summed E-state index contributed by atoms with van der Waals surface area (Å²) in [6.07, 6.45) is 3.44. The van der Waals surface area contributed by atoms with E-state index in [2.05, 4.69) is 4.90 Å². The van der Waals surface area contributed by atoms with Gasteiger partial charge in [0.1, 0.15) is 5.76 Å². The third-order valence-corrected chi connectivity index (χ3v) is 6.76. The van der Waals surface area contributed by atoms with Crippen LogP contribution >= 0.6 is 0 Å². The van der Waals surface area contributed by atoms with Crippen LogP contribution in [0.3, 0.4) is 0 Å². The Hall–Kier alpha value is -3.04. The van der Waals surface area contributed by atoms with Crippen LogP contribution in [0.2, 0.25) is 0 Å². The average molecular weight is 544 g/mol. The maximum atomic E-state index is 13.7. The summed E-state index contributed by atoms with van der Waals surface area (Å²) in [5.74, 6) is 1.93. The van der Waals surface area contributed by atoms with Gasteiger partial charge in [-0.1, -0.05) is 26.8 Å². The third-order valence-electron chi connectivity index (χ3n) is 6.76. The number of furan rings is 1. The van der Waals surface area contributed by atoms with Gasteiger partial charge in [0.15, 0.2) is 11.5 Å². The van der Waals surface area contributed by atoms with Gasteiger partial charge in [-0.15, -0.1) is 0 Å². The van der Waals surface area contributed by atoms with Gasteiger partial charge >= 0.3 is 0 Å². The normalized spacial score (nSPS) is 14.2. The molecule has 2 amide bonds. The van der Waals surface area contributed by atoms with Crippen LogP contribution in [0.5, 0.6) is 11.5 Å². The number of carbonyl (C=O) groups is 2.